The van der Waals surface area contributed by atoms with E-state index in [0.29, 0.717) is 30.4 Å². The maximum atomic E-state index is 12.6. The number of fused-ring (bicyclic) bond motifs is 3. The minimum absolute atomic E-state index is 0.0463. The number of amides is 1. The van der Waals surface area contributed by atoms with Crippen LogP contribution in [0.5, 0.6) is 0 Å². The monoisotopic (exact) mass is 319 g/mol. The van der Waals surface area contributed by atoms with Crippen molar-refractivity contribution in [3.63, 3.8) is 0 Å². The summed E-state index contributed by atoms with van der Waals surface area (Å²) in [5, 5.41) is 20.7. The quantitative estimate of drug-likeness (QED) is 0.618. The van der Waals surface area contributed by atoms with Gasteiger partial charge in [-0.25, -0.2) is 4.79 Å². The predicted molar refractivity (Wildman–Crippen MR) is 79.6 cm³/mol. The molecule has 0 aliphatic carbocycles. The molecule has 0 spiro atoms. The number of rotatable bonds is 2. The van der Waals surface area contributed by atoms with Gasteiger partial charge < -0.3 is 15.7 Å². The summed E-state index contributed by atoms with van der Waals surface area (Å²) >= 11 is 0. The summed E-state index contributed by atoms with van der Waals surface area (Å²) in [6, 6.07) is 2.32. The summed E-state index contributed by atoms with van der Waals surface area (Å²) in [6.07, 6.45) is 1.64. The molecule has 1 amide bonds. The molecule has 0 radical (unpaired) electrons. The molecular formula is C15H17N3O5. The van der Waals surface area contributed by atoms with Crippen LogP contribution in [0.1, 0.15) is 36.4 Å². The Labute approximate surface area is 132 Å². The Kier molecular flexibility index (Phi) is 3.77. The zero-order chi connectivity index (χ0) is 16.7. The van der Waals surface area contributed by atoms with E-state index in [0.717, 1.165) is 0 Å². The van der Waals surface area contributed by atoms with E-state index >= 15 is 0 Å². The van der Waals surface area contributed by atoms with E-state index in [1.54, 1.807) is 12.1 Å². The zero-order valence-corrected chi connectivity index (χ0v) is 12.3. The highest BCUT2D eigenvalue weighted by Crippen LogP contribution is 2.41. The number of hydrogen-bond acceptors (Lipinski definition) is 5. The Morgan fingerprint density at radius 2 is 2.13 bits per heavy atom. The lowest BCUT2D eigenvalue weighted by molar-refractivity contribution is -0.385. The second kappa shape index (κ2) is 5.62. The van der Waals surface area contributed by atoms with Gasteiger partial charge in [0.05, 0.1) is 17.0 Å². The van der Waals surface area contributed by atoms with E-state index < -0.39 is 34.9 Å². The summed E-state index contributed by atoms with van der Waals surface area (Å²) in [4.78, 5) is 36.3. The van der Waals surface area contributed by atoms with Crippen molar-refractivity contribution in [3.05, 3.63) is 39.4 Å². The van der Waals surface area contributed by atoms with Crippen molar-refractivity contribution < 1.29 is 19.6 Å². The third-order valence-corrected chi connectivity index (χ3v) is 4.65. The van der Waals surface area contributed by atoms with E-state index in [1.807, 2.05) is 0 Å². The molecule has 8 heteroatoms. The van der Waals surface area contributed by atoms with Gasteiger partial charge in [0, 0.05) is 18.1 Å². The first kappa shape index (κ1) is 15.4. The van der Waals surface area contributed by atoms with Gasteiger partial charge in [-0.05, 0) is 24.8 Å². The molecule has 0 saturated carbocycles. The first-order chi connectivity index (χ1) is 10.9. The van der Waals surface area contributed by atoms with Crippen molar-refractivity contribution in [2.45, 2.75) is 43.8 Å². The molecule has 122 valence electrons. The van der Waals surface area contributed by atoms with Crippen LogP contribution in [0.25, 0.3) is 0 Å². The molecule has 8 nitrogen and oxygen atoms in total. The molecule has 3 N–H and O–H groups in total. The second-order valence-electron chi connectivity index (χ2n) is 5.96. The number of piperidine rings is 1. The summed E-state index contributed by atoms with van der Waals surface area (Å²) in [5.41, 5.74) is 6.95. The lowest BCUT2D eigenvalue weighted by atomic mass is 9.88. The predicted octanol–water partition coefficient (Wildman–Crippen LogP) is 0.985. The number of benzene rings is 1. The highest BCUT2D eigenvalue weighted by molar-refractivity contribution is 5.88. The number of nitrogens with zero attached hydrogens (tertiary/aromatic N) is 2. The van der Waals surface area contributed by atoms with Gasteiger partial charge in [0.25, 0.3) is 5.69 Å². The van der Waals surface area contributed by atoms with Crippen molar-refractivity contribution >= 4 is 17.6 Å². The average molecular weight is 319 g/mol. The molecule has 2 aliphatic rings. The van der Waals surface area contributed by atoms with E-state index in [9.17, 15) is 24.8 Å². The highest BCUT2D eigenvalue weighted by atomic mass is 16.6. The number of carboxylic acid groups (broad SMARTS) is 1. The topological polar surface area (TPSA) is 127 Å². The van der Waals surface area contributed by atoms with Crippen LogP contribution in [0.2, 0.25) is 0 Å². The number of carboxylic acids is 1. The maximum absolute atomic E-state index is 12.6. The molecule has 1 fully saturated rings. The zero-order valence-electron chi connectivity index (χ0n) is 12.3. The molecule has 1 aromatic carbocycles. The number of nitro benzene ring substituents is 1. The molecule has 3 atom stereocenters. The fourth-order valence-corrected chi connectivity index (χ4v) is 3.65. The Morgan fingerprint density at radius 1 is 1.39 bits per heavy atom. The number of carbonyl (C=O) groups is 2. The SMILES string of the molecule is N[C@@H]1Cc2c(cccc2[N+](=O)[O-])[C@@H]2CCC[C@H](C(=O)O)N2C1=O. The van der Waals surface area contributed by atoms with Crippen LogP contribution in [-0.2, 0) is 16.0 Å². The van der Waals surface area contributed by atoms with E-state index in [-0.39, 0.29) is 12.1 Å². The second-order valence-corrected chi connectivity index (χ2v) is 5.96. The standard InChI is InChI=1S/C15H17N3O5/c16-10-7-9-8(3-1-5-12(9)18(22)23)11-4-2-6-13(15(20)21)17(11)14(10)19/h1,3,5,10-11,13H,2,4,6-7,16H2,(H,20,21)/t10-,11+,13-/m1/s1. The molecular weight excluding hydrogens is 302 g/mol. The summed E-state index contributed by atoms with van der Waals surface area (Å²) in [7, 11) is 0. The molecule has 1 saturated heterocycles. The van der Waals surface area contributed by atoms with Crippen LogP contribution in [0, 0.1) is 10.1 Å². The van der Waals surface area contributed by atoms with Gasteiger partial charge in [0.1, 0.15) is 6.04 Å². The molecule has 0 aromatic heterocycles. The third kappa shape index (κ3) is 2.44. The largest absolute Gasteiger partial charge is 0.480 e. The van der Waals surface area contributed by atoms with Gasteiger partial charge in [-0.2, -0.15) is 0 Å². The highest BCUT2D eigenvalue weighted by Gasteiger charge is 2.44. The molecule has 23 heavy (non-hydrogen) atoms. The van der Waals surface area contributed by atoms with Crippen molar-refractivity contribution in [1.29, 1.82) is 0 Å². The third-order valence-electron chi connectivity index (χ3n) is 4.65. The van der Waals surface area contributed by atoms with Crippen molar-refractivity contribution in [2.75, 3.05) is 0 Å². The molecule has 2 aliphatic heterocycles. The van der Waals surface area contributed by atoms with Crippen LogP contribution in [0.15, 0.2) is 18.2 Å². The molecule has 0 unspecified atom stereocenters. The molecule has 0 bridgehead atoms. The summed E-state index contributed by atoms with van der Waals surface area (Å²) < 4.78 is 0. The Morgan fingerprint density at radius 3 is 2.78 bits per heavy atom. The van der Waals surface area contributed by atoms with E-state index in [4.69, 9.17) is 5.73 Å². The lowest BCUT2D eigenvalue weighted by Crippen LogP contribution is -2.53. The number of carbonyl (C=O) groups excluding carboxylic acids is 1. The smallest absolute Gasteiger partial charge is 0.326 e. The number of nitro groups is 1. The van der Waals surface area contributed by atoms with Crippen LogP contribution in [0.3, 0.4) is 0 Å². The van der Waals surface area contributed by atoms with Crippen molar-refractivity contribution in [2.24, 2.45) is 5.73 Å². The van der Waals surface area contributed by atoms with Gasteiger partial charge >= 0.3 is 5.97 Å². The van der Waals surface area contributed by atoms with Crippen LogP contribution in [0.4, 0.5) is 5.69 Å². The fraction of sp³-hybridized carbons (Fsp3) is 0.467. The van der Waals surface area contributed by atoms with E-state index in [2.05, 4.69) is 0 Å². The number of nitrogens with two attached hydrogens (primary N) is 1. The summed E-state index contributed by atoms with van der Waals surface area (Å²) in [6.45, 7) is 0. The van der Waals surface area contributed by atoms with Crippen LogP contribution >= 0.6 is 0 Å². The minimum Gasteiger partial charge on any atom is -0.480 e. The summed E-state index contributed by atoms with van der Waals surface area (Å²) in [5.74, 6) is -1.52. The van der Waals surface area contributed by atoms with Crippen LogP contribution < -0.4 is 5.73 Å². The van der Waals surface area contributed by atoms with E-state index in [1.165, 1.54) is 11.0 Å². The average Bonchev–Trinajstić information content (AvgIpc) is 2.63. The lowest BCUT2D eigenvalue weighted by Gasteiger charge is -2.40. The Balaban J connectivity index is 2.17. The number of hydrogen-bond donors (Lipinski definition) is 2. The minimum atomic E-state index is -1.07. The normalized spacial score (nSPS) is 26.9. The van der Waals surface area contributed by atoms with Gasteiger partial charge in [0.15, 0.2) is 0 Å². The maximum Gasteiger partial charge on any atom is 0.326 e. The Bertz CT molecular complexity index is 690. The van der Waals surface area contributed by atoms with Crippen molar-refractivity contribution in [1.82, 2.24) is 4.90 Å². The van der Waals surface area contributed by atoms with Gasteiger partial charge in [-0.15, -0.1) is 0 Å². The van der Waals surface area contributed by atoms with Gasteiger partial charge in [-0.3, -0.25) is 14.9 Å². The Hall–Kier alpha value is -2.48. The molecule has 3 rings (SSSR count). The molecule has 2 heterocycles. The first-order valence-corrected chi connectivity index (χ1v) is 7.48. The fourth-order valence-electron chi connectivity index (χ4n) is 3.65. The van der Waals surface area contributed by atoms with Gasteiger partial charge in [-0.1, -0.05) is 12.1 Å². The van der Waals surface area contributed by atoms with Crippen LogP contribution in [-0.4, -0.2) is 38.9 Å². The van der Waals surface area contributed by atoms with Gasteiger partial charge in [0.2, 0.25) is 5.91 Å². The number of aliphatic carboxylic acids is 1. The molecule has 1 aromatic rings. The first-order valence-electron chi connectivity index (χ1n) is 7.48. The van der Waals surface area contributed by atoms with Crippen molar-refractivity contribution in [3.8, 4) is 0 Å².